The summed E-state index contributed by atoms with van der Waals surface area (Å²) in [6.07, 6.45) is 2.13. The van der Waals surface area contributed by atoms with Crippen LogP contribution < -0.4 is 4.72 Å². The number of halogens is 1. The third-order valence-electron chi connectivity index (χ3n) is 4.32. The van der Waals surface area contributed by atoms with E-state index in [9.17, 15) is 13.2 Å². The standard InChI is InChI=1S/C17H19ClN2O3S2/c1-12-14(18)4-2-5-16(12)25(22,23)19-15-11-24-10-13(15)7-9-20-8-3-6-17(20)21/h2,4-5,10-11,19H,3,6-9H2,1H3. The molecule has 5 nitrogen and oxygen atoms in total. The lowest BCUT2D eigenvalue weighted by atomic mass is 10.2. The molecule has 1 aromatic carbocycles. The highest BCUT2D eigenvalue weighted by atomic mass is 35.5. The minimum absolute atomic E-state index is 0.173. The second kappa shape index (κ2) is 7.35. The van der Waals surface area contributed by atoms with Crippen LogP contribution in [0.2, 0.25) is 5.02 Å². The molecule has 1 aromatic heterocycles. The molecule has 2 aromatic rings. The van der Waals surface area contributed by atoms with Crippen molar-refractivity contribution >= 4 is 44.6 Å². The predicted molar refractivity (Wildman–Crippen MR) is 101 cm³/mol. The Labute approximate surface area is 156 Å². The fourth-order valence-electron chi connectivity index (χ4n) is 2.88. The molecule has 25 heavy (non-hydrogen) atoms. The van der Waals surface area contributed by atoms with E-state index in [1.807, 2.05) is 10.3 Å². The maximum atomic E-state index is 12.7. The van der Waals surface area contributed by atoms with Crippen molar-refractivity contribution in [1.29, 1.82) is 0 Å². The van der Waals surface area contributed by atoms with E-state index < -0.39 is 10.0 Å². The number of amides is 1. The second-order valence-electron chi connectivity index (χ2n) is 6.01. The van der Waals surface area contributed by atoms with Gasteiger partial charge >= 0.3 is 0 Å². The molecule has 1 aliphatic heterocycles. The van der Waals surface area contributed by atoms with Crippen LogP contribution in [0.15, 0.2) is 33.9 Å². The summed E-state index contributed by atoms with van der Waals surface area (Å²) in [4.78, 5) is 13.7. The molecule has 0 radical (unpaired) electrons. The lowest BCUT2D eigenvalue weighted by molar-refractivity contribution is -0.127. The van der Waals surface area contributed by atoms with Crippen molar-refractivity contribution in [1.82, 2.24) is 4.90 Å². The van der Waals surface area contributed by atoms with Crippen LogP contribution in [-0.2, 0) is 21.2 Å². The van der Waals surface area contributed by atoms with Gasteiger partial charge in [-0.25, -0.2) is 8.42 Å². The van der Waals surface area contributed by atoms with E-state index in [1.54, 1.807) is 30.5 Å². The Hall–Kier alpha value is -1.57. The molecule has 0 saturated carbocycles. The summed E-state index contributed by atoms with van der Waals surface area (Å²) in [5.41, 5.74) is 1.99. The molecule has 0 unspecified atom stereocenters. The van der Waals surface area contributed by atoms with Crippen molar-refractivity contribution in [2.45, 2.75) is 31.1 Å². The van der Waals surface area contributed by atoms with E-state index in [0.29, 0.717) is 35.7 Å². The van der Waals surface area contributed by atoms with Gasteiger partial charge in [-0.3, -0.25) is 9.52 Å². The van der Waals surface area contributed by atoms with Gasteiger partial charge in [-0.05, 0) is 48.4 Å². The van der Waals surface area contributed by atoms with Gasteiger partial charge in [0.2, 0.25) is 5.91 Å². The molecular weight excluding hydrogens is 380 g/mol. The zero-order chi connectivity index (χ0) is 18.0. The summed E-state index contributed by atoms with van der Waals surface area (Å²) in [5.74, 6) is 0.173. The highest BCUT2D eigenvalue weighted by Gasteiger charge is 2.22. The summed E-state index contributed by atoms with van der Waals surface area (Å²) in [6.45, 7) is 3.08. The number of nitrogens with one attached hydrogen (secondary N) is 1. The van der Waals surface area contributed by atoms with Crippen molar-refractivity contribution in [3.05, 3.63) is 45.1 Å². The van der Waals surface area contributed by atoms with Crippen molar-refractivity contribution in [2.24, 2.45) is 0 Å². The minimum atomic E-state index is -3.72. The largest absolute Gasteiger partial charge is 0.342 e. The van der Waals surface area contributed by atoms with Gasteiger partial charge in [0.05, 0.1) is 10.6 Å². The second-order valence-corrected chi connectivity index (χ2v) is 8.82. The van der Waals surface area contributed by atoms with Crippen LogP contribution in [0.3, 0.4) is 0 Å². The van der Waals surface area contributed by atoms with Gasteiger partial charge in [-0.1, -0.05) is 17.7 Å². The Morgan fingerprint density at radius 1 is 1.32 bits per heavy atom. The molecule has 3 rings (SSSR count). The molecule has 1 saturated heterocycles. The van der Waals surface area contributed by atoms with Crippen LogP contribution >= 0.6 is 22.9 Å². The first-order chi connectivity index (χ1) is 11.9. The number of benzene rings is 1. The Morgan fingerprint density at radius 3 is 2.84 bits per heavy atom. The highest BCUT2D eigenvalue weighted by Crippen LogP contribution is 2.28. The number of anilines is 1. The number of rotatable bonds is 6. The fourth-order valence-corrected chi connectivity index (χ4v) is 5.37. The van der Waals surface area contributed by atoms with Crippen molar-refractivity contribution in [3.63, 3.8) is 0 Å². The first kappa shape index (κ1) is 18.2. The number of sulfonamides is 1. The maximum Gasteiger partial charge on any atom is 0.262 e. The zero-order valence-corrected chi connectivity index (χ0v) is 16.2. The summed E-state index contributed by atoms with van der Waals surface area (Å²) in [6, 6.07) is 4.83. The quantitative estimate of drug-likeness (QED) is 0.807. The number of nitrogens with zero attached hydrogens (tertiary/aromatic N) is 1. The highest BCUT2D eigenvalue weighted by molar-refractivity contribution is 7.92. The van der Waals surface area contributed by atoms with E-state index in [0.717, 1.165) is 18.5 Å². The van der Waals surface area contributed by atoms with Crippen LogP contribution in [0.1, 0.15) is 24.0 Å². The van der Waals surface area contributed by atoms with Gasteiger partial charge < -0.3 is 4.90 Å². The monoisotopic (exact) mass is 398 g/mol. The molecule has 8 heteroatoms. The van der Waals surface area contributed by atoms with E-state index >= 15 is 0 Å². The third kappa shape index (κ3) is 3.99. The first-order valence-electron chi connectivity index (χ1n) is 7.99. The number of carbonyl (C=O) groups is 1. The Balaban J connectivity index is 1.76. The van der Waals surface area contributed by atoms with Crippen molar-refractivity contribution < 1.29 is 13.2 Å². The van der Waals surface area contributed by atoms with E-state index in [-0.39, 0.29) is 10.8 Å². The molecule has 0 bridgehead atoms. The number of hydrogen-bond acceptors (Lipinski definition) is 4. The molecule has 0 aliphatic carbocycles. The van der Waals surface area contributed by atoms with Gasteiger partial charge in [-0.2, -0.15) is 0 Å². The molecule has 1 fully saturated rings. The first-order valence-corrected chi connectivity index (χ1v) is 10.8. The molecular formula is C17H19ClN2O3S2. The minimum Gasteiger partial charge on any atom is -0.342 e. The van der Waals surface area contributed by atoms with E-state index in [1.165, 1.54) is 11.3 Å². The smallest absolute Gasteiger partial charge is 0.262 e. The summed E-state index contributed by atoms with van der Waals surface area (Å²) < 4.78 is 28.1. The van der Waals surface area contributed by atoms with Crippen LogP contribution in [0.5, 0.6) is 0 Å². The van der Waals surface area contributed by atoms with Crippen molar-refractivity contribution in [3.8, 4) is 0 Å². The number of thiophene rings is 1. The van der Waals surface area contributed by atoms with Crippen LogP contribution in [0.4, 0.5) is 5.69 Å². The van der Waals surface area contributed by atoms with Crippen molar-refractivity contribution in [2.75, 3.05) is 17.8 Å². The van der Waals surface area contributed by atoms with E-state index in [4.69, 9.17) is 11.6 Å². The normalized spacial score (nSPS) is 15.0. The Morgan fingerprint density at radius 2 is 2.12 bits per heavy atom. The number of carbonyl (C=O) groups excluding carboxylic acids is 1. The number of hydrogen-bond donors (Lipinski definition) is 1. The lowest BCUT2D eigenvalue weighted by Crippen LogP contribution is -2.27. The van der Waals surface area contributed by atoms with Crippen LogP contribution in [-0.4, -0.2) is 32.3 Å². The third-order valence-corrected chi connectivity index (χ3v) is 7.03. The zero-order valence-electron chi connectivity index (χ0n) is 13.8. The van der Waals surface area contributed by atoms with Crippen LogP contribution in [0, 0.1) is 6.92 Å². The van der Waals surface area contributed by atoms with Gasteiger partial charge in [0.15, 0.2) is 0 Å². The predicted octanol–water partition coefficient (Wildman–Crippen LogP) is 3.68. The van der Waals surface area contributed by atoms with Gasteiger partial charge in [0.25, 0.3) is 10.0 Å². The average Bonchev–Trinajstić information content (AvgIpc) is 3.16. The Kier molecular flexibility index (Phi) is 5.36. The molecule has 1 aliphatic rings. The summed E-state index contributed by atoms with van der Waals surface area (Å²) in [7, 11) is -3.72. The van der Waals surface area contributed by atoms with Crippen LogP contribution in [0.25, 0.3) is 0 Å². The average molecular weight is 399 g/mol. The van der Waals surface area contributed by atoms with Gasteiger partial charge in [0.1, 0.15) is 0 Å². The molecule has 0 spiro atoms. The topological polar surface area (TPSA) is 66.5 Å². The fraction of sp³-hybridized carbons (Fsp3) is 0.353. The molecule has 1 amide bonds. The lowest BCUT2D eigenvalue weighted by Gasteiger charge is -2.16. The van der Waals surface area contributed by atoms with E-state index in [2.05, 4.69) is 4.72 Å². The molecule has 134 valence electrons. The molecule has 2 heterocycles. The number of likely N-dealkylation sites (tertiary alicyclic amines) is 1. The summed E-state index contributed by atoms with van der Waals surface area (Å²) in [5, 5.41) is 4.11. The maximum absolute atomic E-state index is 12.7. The molecule has 1 N–H and O–H groups in total. The molecule has 0 atom stereocenters. The summed E-state index contributed by atoms with van der Waals surface area (Å²) >= 11 is 7.48. The van der Waals surface area contributed by atoms with Gasteiger partial charge in [-0.15, -0.1) is 11.3 Å². The SMILES string of the molecule is Cc1c(Cl)cccc1S(=O)(=O)Nc1cscc1CCN1CCCC1=O. The Bertz CT molecular complexity index is 893. The van der Waals surface area contributed by atoms with Gasteiger partial charge in [0, 0.05) is 29.9 Å².